The number of H-pyrrole nitrogens is 1. The molecule has 0 aromatic carbocycles. The lowest BCUT2D eigenvalue weighted by Crippen LogP contribution is -2.15. The van der Waals surface area contributed by atoms with Gasteiger partial charge in [-0.25, -0.2) is 18.6 Å². The van der Waals surface area contributed by atoms with Gasteiger partial charge in [0.1, 0.15) is 0 Å². The van der Waals surface area contributed by atoms with Crippen molar-refractivity contribution < 1.29 is 18.1 Å². The van der Waals surface area contributed by atoms with Gasteiger partial charge in [0.05, 0.1) is 5.56 Å². The van der Waals surface area contributed by atoms with Gasteiger partial charge in [0, 0.05) is 6.07 Å². The first-order valence-corrected chi connectivity index (χ1v) is 3.28. The summed E-state index contributed by atoms with van der Waals surface area (Å²) in [6, 6.07) is 0.293. The predicted octanol–water partition coefficient (Wildman–Crippen LogP) is 1.36. The van der Waals surface area contributed by atoms with E-state index in [4.69, 9.17) is 0 Å². The van der Waals surface area contributed by atoms with Gasteiger partial charge in [-0.1, -0.05) is 0 Å². The number of aromatic nitrogens is 1. The Morgan fingerprint density at radius 2 is 2.07 bits per heavy atom. The molecule has 0 spiro atoms. The molecular weight excluding hydrogens is 205 g/mol. The molecule has 0 fully saturated rings. The zero-order valence-electron chi connectivity index (χ0n) is 6.46. The molecule has 0 amide bonds. The number of nitrogens with one attached hydrogen (secondary N) is 1. The third-order valence-electron chi connectivity index (χ3n) is 1.42. The Bertz CT molecular complexity index is 429. The first kappa shape index (κ1) is 10.2. The third kappa shape index (κ3) is 1.73. The van der Waals surface area contributed by atoms with Crippen molar-refractivity contribution in [2.24, 2.45) is 0 Å². The van der Waals surface area contributed by atoms with Crippen molar-refractivity contribution in [2.75, 3.05) is 0 Å². The van der Waals surface area contributed by atoms with Crippen LogP contribution in [-0.2, 0) is 0 Å². The zero-order valence-corrected chi connectivity index (χ0v) is 6.46. The molecule has 0 unspecified atom stereocenters. The summed E-state index contributed by atoms with van der Waals surface area (Å²) in [7, 11) is 0. The van der Waals surface area contributed by atoms with Crippen molar-refractivity contribution in [1.29, 1.82) is 0 Å². The molecule has 76 valence electrons. The Morgan fingerprint density at radius 1 is 1.50 bits per heavy atom. The van der Waals surface area contributed by atoms with Crippen molar-refractivity contribution in [2.45, 2.75) is 6.43 Å². The number of halogens is 3. The number of hydrogen-bond donors (Lipinski definition) is 1. The summed E-state index contributed by atoms with van der Waals surface area (Å²) in [4.78, 5) is 21.1. The summed E-state index contributed by atoms with van der Waals surface area (Å²) < 4.78 is 36.7. The van der Waals surface area contributed by atoms with Crippen molar-refractivity contribution in [3.8, 4) is 0 Å². The van der Waals surface area contributed by atoms with Crippen LogP contribution in [0.4, 0.5) is 19.0 Å². The highest BCUT2D eigenvalue weighted by molar-refractivity contribution is 5.27. The van der Waals surface area contributed by atoms with Crippen LogP contribution < -0.4 is 5.56 Å². The lowest BCUT2D eigenvalue weighted by Gasteiger charge is -1.99. The van der Waals surface area contributed by atoms with E-state index in [0.717, 1.165) is 0 Å². The molecule has 1 aromatic rings. The summed E-state index contributed by atoms with van der Waals surface area (Å²) in [6.07, 6.45) is -3.27. The van der Waals surface area contributed by atoms with Crippen LogP contribution in [0.15, 0.2) is 10.9 Å². The number of nitro groups is 1. The third-order valence-corrected chi connectivity index (χ3v) is 1.42. The summed E-state index contributed by atoms with van der Waals surface area (Å²) in [5.74, 6) is -2.67. The number of rotatable bonds is 2. The number of pyridine rings is 1. The topological polar surface area (TPSA) is 76.0 Å². The number of nitrogens with zero attached hydrogens (tertiary/aromatic N) is 1. The molecule has 5 nitrogen and oxygen atoms in total. The smallest absolute Gasteiger partial charge is 0.358 e. The molecule has 0 saturated carbocycles. The molecular formula is C6H3F3N2O3. The van der Waals surface area contributed by atoms with Crippen LogP contribution in [-0.4, -0.2) is 9.91 Å². The van der Waals surface area contributed by atoms with Gasteiger partial charge in [-0.2, -0.15) is 4.39 Å². The second-order valence-corrected chi connectivity index (χ2v) is 2.31. The maximum atomic E-state index is 12.6. The minimum Gasteiger partial charge on any atom is -0.358 e. The van der Waals surface area contributed by atoms with E-state index in [0.29, 0.717) is 6.07 Å². The molecule has 0 atom stereocenters. The van der Waals surface area contributed by atoms with E-state index in [2.05, 4.69) is 0 Å². The molecule has 0 aliphatic rings. The monoisotopic (exact) mass is 208 g/mol. The van der Waals surface area contributed by atoms with Gasteiger partial charge in [-0.15, -0.1) is 0 Å². The summed E-state index contributed by atoms with van der Waals surface area (Å²) in [6.45, 7) is 0. The Labute approximate surface area is 74.3 Å². The van der Waals surface area contributed by atoms with Crippen LogP contribution >= 0.6 is 0 Å². The van der Waals surface area contributed by atoms with E-state index >= 15 is 0 Å². The van der Waals surface area contributed by atoms with Crippen LogP contribution in [0.3, 0.4) is 0 Å². The molecule has 0 saturated heterocycles. The van der Waals surface area contributed by atoms with Crippen LogP contribution in [0, 0.1) is 15.9 Å². The van der Waals surface area contributed by atoms with Crippen LogP contribution in [0.1, 0.15) is 12.0 Å². The molecule has 1 aromatic heterocycles. The maximum absolute atomic E-state index is 12.6. The van der Waals surface area contributed by atoms with Crippen molar-refractivity contribution >= 4 is 5.82 Å². The molecule has 1 rings (SSSR count). The number of aromatic amines is 1. The Hall–Kier alpha value is -1.86. The summed E-state index contributed by atoms with van der Waals surface area (Å²) in [5, 5.41) is 10.1. The lowest BCUT2D eigenvalue weighted by atomic mass is 10.2. The van der Waals surface area contributed by atoms with Crippen molar-refractivity contribution in [3.63, 3.8) is 0 Å². The molecule has 1 N–H and O–H groups in total. The van der Waals surface area contributed by atoms with E-state index in [9.17, 15) is 28.1 Å². The van der Waals surface area contributed by atoms with Gasteiger partial charge in [0.25, 0.3) is 6.43 Å². The molecule has 14 heavy (non-hydrogen) atoms. The quantitative estimate of drug-likeness (QED) is 0.588. The number of hydrogen-bond acceptors (Lipinski definition) is 3. The normalized spacial score (nSPS) is 10.6. The van der Waals surface area contributed by atoms with Crippen LogP contribution in [0.25, 0.3) is 0 Å². The summed E-state index contributed by atoms with van der Waals surface area (Å²) >= 11 is 0. The average Bonchev–Trinajstić information content (AvgIpc) is 2.08. The highest BCUT2D eigenvalue weighted by atomic mass is 19.3. The fourth-order valence-electron chi connectivity index (χ4n) is 0.806. The largest absolute Gasteiger partial charge is 0.368 e. The van der Waals surface area contributed by atoms with Gasteiger partial charge < -0.3 is 10.1 Å². The zero-order chi connectivity index (χ0) is 10.9. The molecule has 0 aliphatic heterocycles. The van der Waals surface area contributed by atoms with Crippen molar-refractivity contribution in [1.82, 2.24) is 4.98 Å². The minimum absolute atomic E-state index is 0.293. The first-order chi connectivity index (χ1) is 6.43. The first-order valence-electron chi connectivity index (χ1n) is 3.28. The fraction of sp³-hybridized carbons (Fsp3) is 0.167. The highest BCUT2D eigenvalue weighted by Gasteiger charge is 2.21. The highest BCUT2D eigenvalue weighted by Crippen LogP contribution is 2.22. The van der Waals surface area contributed by atoms with Crippen LogP contribution in [0.5, 0.6) is 0 Å². The average molecular weight is 208 g/mol. The molecule has 1 heterocycles. The standard InChI is InChI=1S/C6H3F3N2O3/c7-4-2(5(8)9)1-3(11(13)14)10-6(4)12/h1,5H,(H,10,12). The Balaban J connectivity index is 3.43. The van der Waals surface area contributed by atoms with E-state index in [1.54, 1.807) is 0 Å². The Kier molecular flexibility index (Phi) is 2.54. The Morgan fingerprint density at radius 3 is 2.50 bits per heavy atom. The van der Waals surface area contributed by atoms with Gasteiger partial charge in [-0.3, -0.25) is 0 Å². The lowest BCUT2D eigenvalue weighted by molar-refractivity contribution is -0.389. The molecule has 0 bridgehead atoms. The van der Waals surface area contributed by atoms with E-state index in [-0.39, 0.29) is 0 Å². The van der Waals surface area contributed by atoms with E-state index in [1.807, 2.05) is 0 Å². The maximum Gasteiger partial charge on any atom is 0.368 e. The fourth-order valence-corrected chi connectivity index (χ4v) is 0.806. The molecule has 0 aliphatic carbocycles. The second-order valence-electron chi connectivity index (χ2n) is 2.31. The molecule has 0 radical (unpaired) electrons. The van der Waals surface area contributed by atoms with Crippen LogP contribution in [0.2, 0.25) is 0 Å². The van der Waals surface area contributed by atoms with E-state index < -0.39 is 34.1 Å². The van der Waals surface area contributed by atoms with Gasteiger partial charge in [0.2, 0.25) is 5.82 Å². The van der Waals surface area contributed by atoms with Gasteiger partial charge in [0.15, 0.2) is 0 Å². The number of alkyl halides is 2. The van der Waals surface area contributed by atoms with Gasteiger partial charge >= 0.3 is 11.4 Å². The SMILES string of the molecule is O=c1[nH]c([N+](=O)[O-])cc(C(F)F)c1F. The van der Waals surface area contributed by atoms with E-state index in [1.165, 1.54) is 4.98 Å². The summed E-state index contributed by atoms with van der Waals surface area (Å²) in [5.41, 5.74) is -2.81. The predicted molar refractivity (Wildman–Crippen MR) is 38.6 cm³/mol. The van der Waals surface area contributed by atoms with Gasteiger partial charge in [-0.05, 0) is 4.92 Å². The molecule has 8 heteroatoms. The van der Waals surface area contributed by atoms with Crippen molar-refractivity contribution in [3.05, 3.63) is 37.9 Å². The second kappa shape index (κ2) is 3.48. The minimum atomic E-state index is -3.27.